The predicted octanol–water partition coefficient (Wildman–Crippen LogP) is 1.14. The van der Waals surface area contributed by atoms with Crippen LogP contribution < -0.4 is 28.9 Å². The molecule has 1 atom stereocenters. The van der Waals surface area contributed by atoms with Crippen LogP contribution in [0.4, 0.5) is 5.13 Å². The van der Waals surface area contributed by atoms with Crippen LogP contribution in [0.1, 0.15) is 36.8 Å². The molecule has 1 unspecified atom stereocenters. The van der Waals surface area contributed by atoms with Crippen LogP contribution in [0.3, 0.4) is 0 Å². The van der Waals surface area contributed by atoms with Gasteiger partial charge in [-0.2, -0.15) is 0 Å². The second kappa shape index (κ2) is 8.57. The molecule has 3 nitrogen and oxygen atoms in total. The van der Waals surface area contributed by atoms with Crippen LogP contribution in [0.25, 0.3) is 0 Å². The van der Waals surface area contributed by atoms with Gasteiger partial charge in [-0.3, -0.25) is 0 Å². The van der Waals surface area contributed by atoms with Gasteiger partial charge in [0.25, 0.3) is 0 Å². The van der Waals surface area contributed by atoms with Crippen LogP contribution in [0, 0.1) is 0 Å². The summed E-state index contributed by atoms with van der Waals surface area (Å²) in [7, 11) is 4.84. The normalized spacial score (nSPS) is 21.8. The highest BCUT2D eigenvalue weighted by atomic mass is 127. The number of likely N-dealkylation sites (tertiary alicyclic amines) is 1. The van der Waals surface area contributed by atoms with Crippen molar-refractivity contribution in [2.75, 3.05) is 32.1 Å². The first-order chi connectivity index (χ1) is 12.1. The molecule has 5 heteroatoms. The molecule has 2 heterocycles. The Balaban J connectivity index is 0.00000196. The summed E-state index contributed by atoms with van der Waals surface area (Å²) in [5.74, 6) is 0. The second-order valence-corrected chi connectivity index (χ2v) is 9.15. The maximum absolute atomic E-state index is 4.66. The lowest BCUT2D eigenvalue weighted by molar-refractivity contribution is -0.920. The van der Waals surface area contributed by atoms with Gasteiger partial charge in [-0.25, -0.2) is 4.98 Å². The maximum atomic E-state index is 4.66. The molecule has 1 fully saturated rings. The lowest BCUT2D eigenvalue weighted by Gasteiger charge is -2.42. The molecule has 1 aromatic heterocycles. The minimum Gasteiger partial charge on any atom is -1.00 e. The maximum Gasteiger partial charge on any atom is 0.185 e. The SMILES string of the molecule is C[N+]1(C)CCCCC1CCN(c1nccs1)C1Cc2ccccc2C1.[I-]. The third-order valence-corrected chi connectivity index (χ3v) is 7.16. The number of halogens is 1. The molecule has 0 radical (unpaired) electrons. The highest BCUT2D eigenvalue weighted by Crippen LogP contribution is 2.31. The van der Waals surface area contributed by atoms with Crippen molar-refractivity contribution >= 4 is 16.5 Å². The molecule has 0 spiro atoms. The molecule has 1 aliphatic carbocycles. The molecular formula is C21H30IN3S. The Morgan fingerprint density at radius 2 is 1.88 bits per heavy atom. The summed E-state index contributed by atoms with van der Waals surface area (Å²) in [6, 6.07) is 10.3. The van der Waals surface area contributed by atoms with Crippen LogP contribution in [-0.2, 0) is 12.8 Å². The molecule has 2 aromatic rings. The summed E-state index contributed by atoms with van der Waals surface area (Å²) in [5, 5.41) is 3.32. The average molecular weight is 483 g/mol. The average Bonchev–Trinajstić information content (AvgIpc) is 3.25. The topological polar surface area (TPSA) is 16.1 Å². The number of hydrogen-bond acceptors (Lipinski definition) is 3. The number of aromatic nitrogens is 1. The molecule has 26 heavy (non-hydrogen) atoms. The van der Waals surface area contributed by atoms with E-state index in [0.29, 0.717) is 6.04 Å². The third kappa shape index (κ3) is 4.25. The van der Waals surface area contributed by atoms with Crippen molar-refractivity contribution in [3.05, 3.63) is 47.0 Å². The predicted molar refractivity (Wildman–Crippen MR) is 106 cm³/mol. The molecule has 1 aromatic carbocycles. The Kier molecular flexibility index (Phi) is 6.62. The monoisotopic (exact) mass is 483 g/mol. The summed E-state index contributed by atoms with van der Waals surface area (Å²) in [6.07, 6.45) is 9.73. The van der Waals surface area contributed by atoms with Gasteiger partial charge in [-0.05, 0) is 43.2 Å². The van der Waals surface area contributed by atoms with Gasteiger partial charge in [0, 0.05) is 30.6 Å². The number of nitrogens with zero attached hydrogens (tertiary/aromatic N) is 3. The Labute approximate surface area is 179 Å². The zero-order chi connectivity index (χ0) is 17.3. The van der Waals surface area contributed by atoms with E-state index in [1.807, 2.05) is 6.20 Å². The van der Waals surface area contributed by atoms with Crippen LogP contribution >= 0.6 is 11.3 Å². The van der Waals surface area contributed by atoms with E-state index in [9.17, 15) is 0 Å². The molecule has 4 rings (SSSR count). The van der Waals surface area contributed by atoms with Gasteiger partial charge in [0.15, 0.2) is 5.13 Å². The molecule has 0 N–H and O–H groups in total. The Hall–Kier alpha value is -0.660. The van der Waals surface area contributed by atoms with Gasteiger partial charge in [0.05, 0.1) is 26.7 Å². The molecule has 0 saturated carbocycles. The lowest BCUT2D eigenvalue weighted by atomic mass is 9.97. The number of benzene rings is 1. The number of fused-ring (bicyclic) bond motifs is 1. The summed E-state index contributed by atoms with van der Waals surface area (Å²) < 4.78 is 1.19. The number of rotatable bonds is 5. The van der Waals surface area contributed by atoms with E-state index in [1.54, 1.807) is 11.3 Å². The lowest BCUT2D eigenvalue weighted by Crippen LogP contribution is -3.00. The van der Waals surface area contributed by atoms with Crippen LogP contribution in [0.5, 0.6) is 0 Å². The highest BCUT2D eigenvalue weighted by Gasteiger charge is 2.33. The van der Waals surface area contributed by atoms with E-state index in [2.05, 4.69) is 53.6 Å². The van der Waals surface area contributed by atoms with Crippen molar-refractivity contribution in [2.45, 2.75) is 50.6 Å². The Morgan fingerprint density at radius 1 is 1.15 bits per heavy atom. The zero-order valence-corrected chi connectivity index (χ0v) is 18.9. The van der Waals surface area contributed by atoms with E-state index in [-0.39, 0.29) is 24.0 Å². The van der Waals surface area contributed by atoms with Gasteiger partial charge in [-0.15, -0.1) is 11.3 Å². The molecule has 1 saturated heterocycles. The quantitative estimate of drug-likeness (QED) is 0.469. The third-order valence-electron chi connectivity index (χ3n) is 6.35. The van der Waals surface area contributed by atoms with Crippen molar-refractivity contribution in [3.8, 4) is 0 Å². The molecule has 1 aliphatic heterocycles. The van der Waals surface area contributed by atoms with Gasteiger partial charge in [0.1, 0.15) is 0 Å². The fourth-order valence-electron chi connectivity index (χ4n) is 4.76. The van der Waals surface area contributed by atoms with Gasteiger partial charge in [0.2, 0.25) is 0 Å². The smallest absolute Gasteiger partial charge is 0.185 e. The Morgan fingerprint density at radius 3 is 2.50 bits per heavy atom. The second-order valence-electron chi connectivity index (χ2n) is 8.28. The molecule has 142 valence electrons. The Bertz CT molecular complexity index is 676. The molecule has 0 bridgehead atoms. The summed E-state index contributed by atoms with van der Waals surface area (Å²) >= 11 is 1.79. The van der Waals surface area contributed by atoms with Crippen molar-refractivity contribution in [3.63, 3.8) is 0 Å². The van der Waals surface area contributed by atoms with E-state index >= 15 is 0 Å². The number of anilines is 1. The first kappa shape index (κ1) is 20.1. The number of hydrogen-bond donors (Lipinski definition) is 0. The van der Waals surface area contributed by atoms with Crippen molar-refractivity contribution in [1.82, 2.24) is 4.98 Å². The fourth-order valence-corrected chi connectivity index (χ4v) is 5.50. The molecular weight excluding hydrogens is 453 g/mol. The highest BCUT2D eigenvalue weighted by molar-refractivity contribution is 7.13. The van der Waals surface area contributed by atoms with Crippen molar-refractivity contribution in [2.24, 2.45) is 0 Å². The van der Waals surface area contributed by atoms with Crippen LogP contribution in [0.15, 0.2) is 35.8 Å². The summed E-state index contributed by atoms with van der Waals surface area (Å²) in [4.78, 5) is 7.27. The minimum absolute atomic E-state index is 0. The first-order valence-electron chi connectivity index (χ1n) is 9.69. The largest absolute Gasteiger partial charge is 1.00 e. The molecule has 2 aliphatic rings. The van der Waals surface area contributed by atoms with Crippen LogP contribution in [0.2, 0.25) is 0 Å². The fraction of sp³-hybridized carbons (Fsp3) is 0.571. The van der Waals surface area contributed by atoms with Crippen LogP contribution in [-0.4, -0.2) is 48.7 Å². The van der Waals surface area contributed by atoms with Gasteiger partial charge in [-0.1, -0.05) is 24.3 Å². The van der Waals surface area contributed by atoms with E-state index in [1.165, 1.54) is 65.8 Å². The van der Waals surface area contributed by atoms with Gasteiger partial charge >= 0.3 is 0 Å². The number of quaternary nitrogens is 1. The number of thiazole rings is 1. The van der Waals surface area contributed by atoms with Crippen molar-refractivity contribution < 1.29 is 28.5 Å². The van der Waals surface area contributed by atoms with E-state index in [0.717, 1.165) is 12.6 Å². The van der Waals surface area contributed by atoms with E-state index < -0.39 is 0 Å². The minimum atomic E-state index is 0. The molecule has 0 amide bonds. The zero-order valence-electron chi connectivity index (χ0n) is 15.9. The number of piperidine rings is 1. The van der Waals surface area contributed by atoms with Gasteiger partial charge < -0.3 is 33.4 Å². The van der Waals surface area contributed by atoms with Crippen molar-refractivity contribution in [1.29, 1.82) is 0 Å². The summed E-state index contributed by atoms with van der Waals surface area (Å²) in [5.41, 5.74) is 3.06. The first-order valence-corrected chi connectivity index (χ1v) is 10.6. The summed E-state index contributed by atoms with van der Waals surface area (Å²) in [6.45, 7) is 2.47. The van der Waals surface area contributed by atoms with E-state index in [4.69, 9.17) is 0 Å². The standard InChI is InChI=1S/C21H30N3S.HI/c1-24(2)13-6-5-9-20(24)10-12-23(21-22-11-14-25-21)19-15-17-7-3-4-8-18(17)16-19;/h3-4,7-8,11,14,19-20H,5-6,9-10,12-13,15-16H2,1-2H3;1H/q+1;/p-1.